The molecular weight excluding hydrogens is 414 g/mol. The van der Waals surface area contributed by atoms with Crippen LogP contribution in [0.3, 0.4) is 0 Å². The van der Waals surface area contributed by atoms with Crippen molar-refractivity contribution in [1.29, 1.82) is 0 Å². The zero-order valence-corrected chi connectivity index (χ0v) is 18.9. The van der Waals surface area contributed by atoms with Crippen LogP contribution in [-0.4, -0.2) is 64.2 Å². The van der Waals surface area contributed by atoms with Crippen molar-refractivity contribution in [2.45, 2.75) is 13.0 Å². The van der Waals surface area contributed by atoms with Crippen molar-refractivity contribution in [2.24, 2.45) is 0 Å². The zero-order chi connectivity index (χ0) is 23.2. The van der Waals surface area contributed by atoms with Gasteiger partial charge in [-0.15, -0.1) is 0 Å². The highest BCUT2D eigenvalue weighted by Crippen LogP contribution is 2.27. The molecule has 7 nitrogen and oxygen atoms in total. The molecule has 1 atom stereocenters. The van der Waals surface area contributed by atoms with Crippen molar-refractivity contribution in [2.75, 3.05) is 32.8 Å². The highest BCUT2D eigenvalue weighted by Gasteiger charge is 2.25. The van der Waals surface area contributed by atoms with Gasteiger partial charge < -0.3 is 10.1 Å². The third-order valence-electron chi connectivity index (χ3n) is 5.95. The number of aromatic nitrogens is 3. The van der Waals surface area contributed by atoms with E-state index in [0.717, 1.165) is 35.1 Å². The van der Waals surface area contributed by atoms with E-state index >= 15 is 0 Å². The molecule has 0 radical (unpaired) electrons. The van der Waals surface area contributed by atoms with Crippen LogP contribution in [0.1, 0.15) is 15.9 Å². The van der Waals surface area contributed by atoms with Crippen molar-refractivity contribution in [3.63, 3.8) is 0 Å². The summed E-state index contributed by atoms with van der Waals surface area (Å²) in [5.74, 6) is 0.540. The van der Waals surface area contributed by atoms with Gasteiger partial charge in [-0.1, -0.05) is 43.5 Å². The molecule has 1 saturated heterocycles. The minimum Gasteiger partial charge on any atom is -0.379 e. The Morgan fingerprint density at radius 2 is 2.09 bits per heavy atom. The lowest BCUT2D eigenvalue weighted by atomic mass is 10.0. The first kappa shape index (κ1) is 22.6. The van der Waals surface area contributed by atoms with Gasteiger partial charge in [-0.3, -0.25) is 19.2 Å². The molecule has 3 aromatic rings. The molecule has 7 heteroatoms. The molecule has 3 heterocycles. The summed E-state index contributed by atoms with van der Waals surface area (Å²) in [4.78, 5) is 24.3. The molecule has 33 heavy (non-hydrogen) atoms. The average Bonchev–Trinajstić information content (AvgIpc) is 3.26. The second-order valence-corrected chi connectivity index (χ2v) is 7.93. The fraction of sp³-hybridized carbons (Fsp3) is 0.269. The predicted octanol–water partition coefficient (Wildman–Crippen LogP) is 3.46. The van der Waals surface area contributed by atoms with E-state index in [1.54, 1.807) is 24.7 Å². The first-order valence-electron chi connectivity index (χ1n) is 11.1. The number of rotatable bonds is 8. The number of ether oxygens (including phenoxy) is 1. The van der Waals surface area contributed by atoms with Crippen LogP contribution >= 0.6 is 0 Å². The number of carbonyl (C=O) groups excluding carboxylic acids is 1. The Kier molecular flexibility index (Phi) is 7.12. The van der Waals surface area contributed by atoms with E-state index in [2.05, 4.69) is 33.3 Å². The molecule has 0 saturated carbocycles. The van der Waals surface area contributed by atoms with Crippen molar-refractivity contribution in [1.82, 2.24) is 24.8 Å². The SMILES string of the molecule is C=C/C=C(\C=C)C(CNC(=O)c1cn(-c2cnccn2)c2cccc(C)c12)N1CCOCC1. The zero-order valence-electron chi connectivity index (χ0n) is 18.9. The molecule has 4 rings (SSSR count). The summed E-state index contributed by atoms with van der Waals surface area (Å²) in [5, 5.41) is 4.07. The Morgan fingerprint density at radius 1 is 1.27 bits per heavy atom. The van der Waals surface area contributed by atoms with Crippen LogP contribution in [0.5, 0.6) is 0 Å². The number of nitrogens with one attached hydrogen (secondary N) is 1. The summed E-state index contributed by atoms with van der Waals surface area (Å²) in [6.45, 7) is 13.2. The largest absolute Gasteiger partial charge is 0.379 e. The monoisotopic (exact) mass is 443 g/mol. The standard InChI is InChI=1S/C26H29N5O2/c1-4-7-20(5-2)23(30-12-14-33-15-13-30)16-29-26(32)21-18-31(24-17-27-10-11-28-24)22-9-6-8-19(3)25(21)22/h4-11,17-18,23H,1-2,12-16H2,3H3,(H,29,32)/b20-7+. The lowest BCUT2D eigenvalue weighted by Gasteiger charge is -2.35. The highest BCUT2D eigenvalue weighted by molar-refractivity contribution is 6.08. The van der Waals surface area contributed by atoms with Crippen LogP contribution in [0, 0.1) is 6.92 Å². The summed E-state index contributed by atoms with van der Waals surface area (Å²) in [7, 11) is 0. The fourth-order valence-electron chi connectivity index (χ4n) is 4.33. The minimum atomic E-state index is -0.128. The average molecular weight is 444 g/mol. The van der Waals surface area contributed by atoms with Gasteiger partial charge in [-0.2, -0.15) is 0 Å². The van der Waals surface area contributed by atoms with Crippen LogP contribution < -0.4 is 5.32 Å². The molecule has 1 amide bonds. The van der Waals surface area contributed by atoms with Crippen LogP contribution in [0.25, 0.3) is 16.7 Å². The van der Waals surface area contributed by atoms with E-state index in [4.69, 9.17) is 4.74 Å². The number of aryl methyl sites for hydroxylation is 1. The second kappa shape index (κ2) is 10.4. The van der Waals surface area contributed by atoms with E-state index < -0.39 is 0 Å². The van der Waals surface area contributed by atoms with E-state index in [-0.39, 0.29) is 11.9 Å². The third-order valence-corrected chi connectivity index (χ3v) is 5.95. The van der Waals surface area contributed by atoms with Crippen LogP contribution in [-0.2, 0) is 4.74 Å². The van der Waals surface area contributed by atoms with Gasteiger partial charge in [-0.05, 0) is 24.1 Å². The van der Waals surface area contributed by atoms with E-state index in [0.29, 0.717) is 31.1 Å². The number of hydrogen-bond donors (Lipinski definition) is 1. The maximum Gasteiger partial charge on any atom is 0.253 e. The Bertz CT molecular complexity index is 1180. The summed E-state index contributed by atoms with van der Waals surface area (Å²) in [6.07, 6.45) is 12.3. The summed E-state index contributed by atoms with van der Waals surface area (Å²) in [6, 6.07) is 5.98. The Labute approximate surface area is 194 Å². The number of fused-ring (bicyclic) bond motifs is 1. The number of amides is 1. The molecule has 2 aromatic heterocycles. The molecule has 0 bridgehead atoms. The number of allylic oxidation sites excluding steroid dienone is 2. The number of carbonyl (C=O) groups is 1. The number of benzene rings is 1. The Morgan fingerprint density at radius 3 is 2.79 bits per heavy atom. The van der Waals surface area contributed by atoms with Gasteiger partial charge >= 0.3 is 0 Å². The van der Waals surface area contributed by atoms with Gasteiger partial charge in [-0.25, -0.2) is 4.98 Å². The Hall–Kier alpha value is -3.55. The normalized spacial score (nSPS) is 15.8. The fourth-order valence-corrected chi connectivity index (χ4v) is 4.33. The van der Waals surface area contributed by atoms with Crippen molar-refractivity contribution < 1.29 is 9.53 Å². The van der Waals surface area contributed by atoms with Crippen LogP contribution in [0.4, 0.5) is 0 Å². The highest BCUT2D eigenvalue weighted by atomic mass is 16.5. The molecule has 1 aliphatic heterocycles. The lowest BCUT2D eigenvalue weighted by Crippen LogP contribution is -2.49. The predicted molar refractivity (Wildman–Crippen MR) is 131 cm³/mol. The second-order valence-electron chi connectivity index (χ2n) is 7.93. The summed E-state index contributed by atoms with van der Waals surface area (Å²) in [5.41, 5.74) is 3.58. The molecule has 0 aliphatic carbocycles. The summed E-state index contributed by atoms with van der Waals surface area (Å²) < 4.78 is 7.43. The first-order chi connectivity index (χ1) is 16.1. The molecule has 170 valence electrons. The number of morpholine rings is 1. The van der Waals surface area contributed by atoms with Crippen molar-refractivity contribution >= 4 is 16.8 Å². The maximum absolute atomic E-state index is 13.4. The van der Waals surface area contributed by atoms with Gasteiger partial charge in [0.05, 0.1) is 36.5 Å². The topological polar surface area (TPSA) is 72.3 Å². The quantitative estimate of drug-likeness (QED) is 0.540. The smallest absolute Gasteiger partial charge is 0.253 e. The number of nitrogens with zero attached hydrogens (tertiary/aromatic N) is 4. The number of hydrogen-bond acceptors (Lipinski definition) is 5. The summed E-state index contributed by atoms with van der Waals surface area (Å²) >= 11 is 0. The molecule has 1 unspecified atom stereocenters. The van der Waals surface area contributed by atoms with Gasteiger partial charge in [0.2, 0.25) is 0 Å². The molecule has 0 spiro atoms. The molecule has 1 aromatic carbocycles. The van der Waals surface area contributed by atoms with Crippen LogP contribution in [0.2, 0.25) is 0 Å². The first-order valence-corrected chi connectivity index (χ1v) is 11.1. The van der Waals surface area contributed by atoms with Crippen molar-refractivity contribution in [3.05, 3.63) is 91.1 Å². The molecule has 1 fully saturated rings. The third kappa shape index (κ3) is 4.79. The Balaban J connectivity index is 1.65. The van der Waals surface area contributed by atoms with E-state index in [9.17, 15) is 4.79 Å². The van der Waals surface area contributed by atoms with E-state index in [1.165, 1.54) is 0 Å². The van der Waals surface area contributed by atoms with Gasteiger partial charge in [0.25, 0.3) is 5.91 Å². The molecular formula is C26H29N5O2. The van der Waals surface area contributed by atoms with Crippen LogP contribution in [0.15, 0.2) is 79.9 Å². The van der Waals surface area contributed by atoms with Gasteiger partial charge in [0.15, 0.2) is 5.82 Å². The van der Waals surface area contributed by atoms with E-state index in [1.807, 2.05) is 48.0 Å². The van der Waals surface area contributed by atoms with Gasteiger partial charge in [0.1, 0.15) is 0 Å². The molecule has 1 aliphatic rings. The van der Waals surface area contributed by atoms with Gasteiger partial charge in [0, 0.05) is 43.6 Å². The maximum atomic E-state index is 13.4. The van der Waals surface area contributed by atoms with Crippen molar-refractivity contribution in [3.8, 4) is 5.82 Å². The minimum absolute atomic E-state index is 0.0113. The lowest BCUT2D eigenvalue weighted by molar-refractivity contribution is 0.0243. The molecule has 1 N–H and O–H groups in total.